The molecule has 2 unspecified atom stereocenters. The van der Waals surface area contributed by atoms with Crippen molar-refractivity contribution in [3.8, 4) is 0 Å². The van der Waals surface area contributed by atoms with E-state index in [2.05, 4.69) is 5.32 Å². The third-order valence-electron chi connectivity index (χ3n) is 2.76. The molecule has 1 N–H and O–H groups in total. The predicted molar refractivity (Wildman–Crippen MR) is 56.3 cm³/mol. The number of ether oxygens (including phenoxy) is 1. The maximum atomic E-state index is 11.8. The molecule has 2 nitrogen and oxygen atoms in total. The molecule has 16 heavy (non-hydrogen) atoms. The Morgan fingerprint density at radius 1 is 1.25 bits per heavy atom. The highest BCUT2D eigenvalue weighted by atomic mass is 19.4. The first-order valence-corrected chi connectivity index (χ1v) is 5.90. The van der Waals surface area contributed by atoms with Crippen LogP contribution in [0.1, 0.15) is 39.0 Å². The van der Waals surface area contributed by atoms with Gasteiger partial charge in [-0.25, -0.2) is 0 Å². The quantitative estimate of drug-likeness (QED) is 0.720. The number of nitrogens with one attached hydrogen (secondary N) is 1. The number of unbranched alkanes of at least 4 members (excludes halogenated alkanes) is 1. The Labute approximate surface area is 94.5 Å². The standard InChI is InChI=1S/C11H20F3NO/c1-9-4-5-10(16-9)8-15-7-3-2-6-11(12,13)14/h9-10,15H,2-8H2,1H3. The van der Waals surface area contributed by atoms with Gasteiger partial charge in [0.05, 0.1) is 12.2 Å². The molecule has 0 radical (unpaired) electrons. The van der Waals surface area contributed by atoms with E-state index in [1.165, 1.54) is 0 Å². The van der Waals surface area contributed by atoms with E-state index in [0.29, 0.717) is 19.1 Å². The maximum Gasteiger partial charge on any atom is 0.389 e. The van der Waals surface area contributed by atoms with Crippen LogP contribution in [0.2, 0.25) is 0 Å². The van der Waals surface area contributed by atoms with Crippen molar-refractivity contribution in [2.75, 3.05) is 13.1 Å². The summed E-state index contributed by atoms with van der Waals surface area (Å²) < 4.78 is 41.0. The first-order valence-electron chi connectivity index (χ1n) is 5.90. The molecule has 0 amide bonds. The summed E-state index contributed by atoms with van der Waals surface area (Å²) >= 11 is 0. The topological polar surface area (TPSA) is 21.3 Å². The van der Waals surface area contributed by atoms with Crippen LogP contribution in [0.4, 0.5) is 13.2 Å². The fourth-order valence-electron chi connectivity index (χ4n) is 1.87. The van der Waals surface area contributed by atoms with Crippen molar-refractivity contribution < 1.29 is 17.9 Å². The molecule has 1 aliphatic rings. The van der Waals surface area contributed by atoms with Crippen LogP contribution in [-0.4, -0.2) is 31.5 Å². The van der Waals surface area contributed by atoms with Gasteiger partial charge in [-0.05, 0) is 39.2 Å². The minimum Gasteiger partial charge on any atom is -0.374 e. The van der Waals surface area contributed by atoms with Crippen LogP contribution in [-0.2, 0) is 4.74 Å². The van der Waals surface area contributed by atoms with Crippen LogP contribution in [0.3, 0.4) is 0 Å². The predicted octanol–water partition coefficient (Wildman–Crippen LogP) is 2.88. The van der Waals surface area contributed by atoms with Crippen LogP contribution >= 0.6 is 0 Å². The molecule has 1 heterocycles. The van der Waals surface area contributed by atoms with Gasteiger partial charge in [0.2, 0.25) is 0 Å². The first-order chi connectivity index (χ1) is 7.47. The summed E-state index contributed by atoms with van der Waals surface area (Å²) in [5, 5.41) is 3.14. The second-order valence-corrected chi connectivity index (χ2v) is 4.42. The van der Waals surface area contributed by atoms with Gasteiger partial charge >= 0.3 is 6.18 Å². The van der Waals surface area contributed by atoms with Gasteiger partial charge in [-0.3, -0.25) is 0 Å². The molecule has 5 heteroatoms. The van der Waals surface area contributed by atoms with Crippen molar-refractivity contribution in [2.45, 2.75) is 57.4 Å². The fraction of sp³-hybridized carbons (Fsp3) is 1.00. The summed E-state index contributed by atoms with van der Waals surface area (Å²) in [5.74, 6) is 0. The lowest BCUT2D eigenvalue weighted by Crippen LogP contribution is -2.27. The zero-order valence-electron chi connectivity index (χ0n) is 9.65. The molecule has 0 aromatic heterocycles. The minimum atomic E-state index is -4.01. The Kier molecular flexibility index (Phi) is 5.55. The molecular weight excluding hydrogens is 219 g/mol. The second-order valence-electron chi connectivity index (χ2n) is 4.42. The monoisotopic (exact) mass is 239 g/mol. The van der Waals surface area contributed by atoms with Crippen molar-refractivity contribution in [1.29, 1.82) is 0 Å². The van der Waals surface area contributed by atoms with E-state index in [0.717, 1.165) is 19.4 Å². The third-order valence-corrected chi connectivity index (χ3v) is 2.76. The van der Waals surface area contributed by atoms with Crippen molar-refractivity contribution in [3.05, 3.63) is 0 Å². The average molecular weight is 239 g/mol. The van der Waals surface area contributed by atoms with E-state index in [-0.39, 0.29) is 12.5 Å². The largest absolute Gasteiger partial charge is 0.389 e. The zero-order valence-corrected chi connectivity index (χ0v) is 9.65. The van der Waals surface area contributed by atoms with Gasteiger partial charge in [-0.15, -0.1) is 0 Å². The van der Waals surface area contributed by atoms with E-state index in [9.17, 15) is 13.2 Å². The number of hydrogen-bond donors (Lipinski definition) is 1. The lowest BCUT2D eigenvalue weighted by Gasteiger charge is -2.12. The van der Waals surface area contributed by atoms with Gasteiger partial charge in [0.15, 0.2) is 0 Å². The molecule has 96 valence electrons. The Bertz CT molecular complexity index is 196. The Morgan fingerprint density at radius 2 is 2.00 bits per heavy atom. The van der Waals surface area contributed by atoms with Crippen molar-refractivity contribution in [3.63, 3.8) is 0 Å². The van der Waals surface area contributed by atoms with Crippen LogP contribution in [0, 0.1) is 0 Å². The molecular formula is C11H20F3NO. The van der Waals surface area contributed by atoms with Gasteiger partial charge in [0.25, 0.3) is 0 Å². The molecule has 0 aromatic carbocycles. The summed E-state index contributed by atoms with van der Waals surface area (Å²) in [6.45, 7) is 3.45. The molecule has 2 atom stereocenters. The van der Waals surface area contributed by atoms with E-state index in [1.807, 2.05) is 6.92 Å². The van der Waals surface area contributed by atoms with E-state index < -0.39 is 12.6 Å². The zero-order chi connectivity index (χ0) is 12.0. The minimum absolute atomic E-state index is 0.207. The number of hydrogen-bond acceptors (Lipinski definition) is 2. The highest BCUT2D eigenvalue weighted by molar-refractivity contribution is 4.72. The Morgan fingerprint density at radius 3 is 2.56 bits per heavy atom. The normalized spacial score (nSPS) is 26.2. The maximum absolute atomic E-state index is 11.8. The van der Waals surface area contributed by atoms with Gasteiger partial charge in [-0.1, -0.05) is 0 Å². The van der Waals surface area contributed by atoms with Gasteiger partial charge in [0.1, 0.15) is 0 Å². The summed E-state index contributed by atoms with van der Waals surface area (Å²) in [5.41, 5.74) is 0. The number of rotatable bonds is 6. The van der Waals surface area contributed by atoms with Gasteiger partial charge < -0.3 is 10.1 Å². The molecule has 1 aliphatic heterocycles. The molecule has 1 rings (SSSR count). The Balaban J connectivity index is 1.89. The lowest BCUT2D eigenvalue weighted by atomic mass is 10.2. The van der Waals surface area contributed by atoms with Crippen molar-refractivity contribution in [2.24, 2.45) is 0 Å². The SMILES string of the molecule is CC1CCC(CNCCCCC(F)(F)F)O1. The second kappa shape index (κ2) is 6.45. The average Bonchev–Trinajstić information content (AvgIpc) is 2.56. The molecule has 1 saturated heterocycles. The third kappa shape index (κ3) is 6.33. The van der Waals surface area contributed by atoms with Crippen molar-refractivity contribution >= 4 is 0 Å². The van der Waals surface area contributed by atoms with E-state index in [1.54, 1.807) is 0 Å². The van der Waals surface area contributed by atoms with Gasteiger partial charge in [-0.2, -0.15) is 13.2 Å². The highest BCUT2D eigenvalue weighted by Gasteiger charge is 2.25. The molecule has 1 fully saturated rings. The van der Waals surface area contributed by atoms with Crippen LogP contribution < -0.4 is 5.32 Å². The number of halogens is 3. The molecule has 0 saturated carbocycles. The Hall–Kier alpha value is -0.290. The number of alkyl halides is 3. The first kappa shape index (κ1) is 13.8. The highest BCUT2D eigenvalue weighted by Crippen LogP contribution is 2.22. The van der Waals surface area contributed by atoms with E-state index >= 15 is 0 Å². The summed E-state index contributed by atoms with van der Waals surface area (Å²) in [7, 11) is 0. The van der Waals surface area contributed by atoms with E-state index in [4.69, 9.17) is 4.74 Å². The molecule has 0 bridgehead atoms. The molecule has 0 aromatic rings. The van der Waals surface area contributed by atoms with Crippen LogP contribution in [0.5, 0.6) is 0 Å². The van der Waals surface area contributed by atoms with Crippen LogP contribution in [0.25, 0.3) is 0 Å². The summed E-state index contributed by atoms with van der Waals surface area (Å²) in [6, 6.07) is 0. The molecule has 0 spiro atoms. The smallest absolute Gasteiger partial charge is 0.374 e. The lowest BCUT2D eigenvalue weighted by molar-refractivity contribution is -0.135. The summed E-state index contributed by atoms with van der Waals surface area (Å²) in [4.78, 5) is 0. The summed E-state index contributed by atoms with van der Waals surface area (Å²) in [6.07, 6.45) is -1.19. The van der Waals surface area contributed by atoms with Crippen LogP contribution in [0.15, 0.2) is 0 Å². The van der Waals surface area contributed by atoms with Gasteiger partial charge in [0, 0.05) is 13.0 Å². The van der Waals surface area contributed by atoms with Crippen molar-refractivity contribution in [1.82, 2.24) is 5.32 Å². The fourth-order valence-corrected chi connectivity index (χ4v) is 1.87. The molecule has 0 aliphatic carbocycles.